The Morgan fingerprint density at radius 3 is 3.21 bits per heavy atom. The topological polar surface area (TPSA) is 66.0 Å². The van der Waals surface area contributed by atoms with E-state index in [1.54, 1.807) is 0 Å². The molecule has 0 saturated heterocycles. The number of carboxylic acids is 1. The molecular formula is C9H11BrN2O2. The van der Waals surface area contributed by atoms with Crippen LogP contribution in [0.5, 0.6) is 0 Å². The number of nitrogens with one attached hydrogen (secondary N) is 1. The Kier molecular flexibility index (Phi) is 2.58. The van der Waals surface area contributed by atoms with E-state index in [2.05, 4.69) is 26.1 Å². The van der Waals surface area contributed by atoms with Gasteiger partial charge in [-0.15, -0.1) is 0 Å². The van der Waals surface area contributed by atoms with Gasteiger partial charge >= 0.3 is 5.97 Å². The van der Waals surface area contributed by atoms with Gasteiger partial charge in [0.25, 0.3) is 0 Å². The Hall–Kier alpha value is -0.840. The van der Waals surface area contributed by atoms with Gasteiger partial charge in [-0.3, -0.25) is 9.89 Å². The molecule has 1 aliphatic carbocycles. The number of aromatic nitrogens is 2. The number of nitrogens with zero attached hydrogens (tertiary/aromatic N) is 1. The number of aromatic amines is 1. The van der Waals surface area contributed by atoms with Gasteiger partial charge in [0.1, 0.15) is 4.60 Å². The largest absolute Gasteiger partial charge is 0.481 e. The minimum atomic E-state index is -0.742. The van der Waals surface area contributed by atoms with Crippen LogP contribution in [0, 0.1) is 0 Å². The van der Waals surface area contributed by atoms with Gasteiger partial charge in [0.15, 0.2) is 0 Å². The van der Waals surface area contributed by atoms with E-state index in [0.717, 1.165) is 35.1 Å². The second kappa shape index (κ2) is 3.73. The van der Waals surface area contributed by atoms with Gasteiger partial charge in [0, 0.05) is 17.2 Å². The average Bonchev–Trinajstić information content (AvgIpc) is 2.49. The fourth-order valence-corrected chi connectivity index (χ4v) is 2.52. The molecule has 1 heterocycles. The summed E-state index contributed by atoms with van der Waals surface area (Å²) >= 11 is 3.36. The quantitative estimate of drug-likeness (QED) is 0.854. The molecule has 4 nitrogen and oxygen atoms in total. The normalized spacial score (nSPS) is 20.5. The summed E-state index contributed by atoms with van der Waals surface area (Å²) in [5.74, 6) is -0.636. The lowest BCUT2D eigenvalue weighted by atomic mass is 9.86. The molecule has 5 heteroatoms. The number of carbonyl (C=O) groups is 1. The average molecular weight is 259 g/mol. The zero-order valence-corrected chi connectivity index (χ0v) is 9.17. The fourth-order valence-electron chi connectivity index (χ4n) is 2.02. The number of carboxylic acid groups (broad SMARTS) is 1. The van der Waals surface area contributed by atoms with Crippen molar-refractivity contribution in [1.29, 1.82) is 0 Å². The van der Waals surface area contributed by atoms with Crippen molar-refractivity contribution < 1.29 is 9.90 Å². The molecule has 0 spiro atoms. The summed E-state index contributed by atoms with van der Waals surface area (Å²) in [5.41, 5.74) is 2.16. The van der Waals surface area contributed by atoms with Crippen molar-refractivity contribution in [1.82, 2.24) is 10.2 Å². The van der Waals surface area contributed by atoms with Gasteiger partial charge in [0.2, 0.25) is 0 Å². The van der Waals surface area contributed by atoms with Crippen LogP contribution in [0.3, 0.4) is 0 Å². The number of hydrogen-bond acceptors (Lipinski definition) is 2. The number of hydrogen-bond donors (Lipinski definition) is 2. The van der Waals surface area contributed by atoms with Gasteiger partial charge in [-0.05, 0) is 35.2 Å². The van der Waals surface area contributed by atoms with Crippen LogP contribution < -0.4 is 0 Å². The molecule has 14 heavy (non-hydrogen) atoms. The summed E-state index contributed by atoms with van der Waals surface area (Å²) in [7, 11) is 0. The molecular weight excluding hydrogens is 248 g/mol. The molecule has 1 aliphatic rings. The van der Waals surface area contributed by atoms with Crippen LogP contribution in [0.25, 0.3) is 0 Å². The Morgan fingerprint density at radius 2 is 2.50 bits per heavy atom. The third-order valence-corrected chi connectivity index (χ3v) is 3.31. The summed E-state index contributed by atoms with van der Waals surface area (Å²) in [5, 5.41) is 15.7. The Morgan fingerprint density at radius 1 is 1.71 bits per heavy atom. The van der Waals surface area contributed by atoms with Gasteiger partial charge in [-0.25, -0.2) is 0 Å². The number of H-pyrrole nitrogens is 1. The Bertz CT molecular complexity index is 362. The van der Waals surface area contributed by atoms with Crippen molar-refractivity contribution >= 4 is 21.9 Å². The van der Waals surface area contributed by atoms with Crippen LogP contribution in [0.2, 0.25) is 0 Å². The maximum atomic E-state index is 10.6. The van der Waals surface area contributed by atoms with Gasteiger partial charge < -0.3 is 5.11 Å². The SMILES string of the molecule is O=C(O)CC1CCCc2c(Br)n[nH]c21. The third-order valence-electron chi connectivity index (χ3n) is 2.66. The zero-order valence-electron chi connectivity index (χ0n) is 7.59. The zero-order chi connectivity index (χ0) is 10.1. The van der Waals surface area contributed by atoms with Crippen molar-refractivity contribution in [2.24, 2.45) is 0 Å². The predicted octanol–water partition coefficient (Wildman–Crippen LogP) is 2.07. The summed E-state index contributed by atoms with van der Waals surface area (Å²) in [4.78, 5) is 10.6. The van der Waals surface area contributed by atoms with Crippen LogP contribution in [-0.4, -0.2) is 21.3 Å². The van der Waals surface area contributed by atoms with Crippen molar-refractivity contribution in [2.75, 3.05) is 0 Å². The smallest absolute Gasteiger partial charge is 0.304 e. The van der Waals surface area contributed by atoms with Crippen molar-refractivity contribution in [3.8, 4) is 0 Å². The van der Waals surface area contributed by atoms with Crippen LogP contribution in [0.15, 0.2) is 4.60 Å². The molecule has 1 aromatic heterocycles. The van der Waals surface area contributed by atoms with Gasteiger partial charge in [-0.2, -0.15) is 5.10 Å². The highest BCUT2D eigenvalue weighted by atomic mass is 79.9. The maximum Gasteiger partial charge on any atom is 0.304 e. The van der Waals surface area contributed by atoms with E-state index in [4.69, 9.17) is 5.11 Å². The number of halogens is 1. The second-order valence-corrected chi connectivity index (χ2v) is 4.34. The van der Waals surface area contributed by atoms with Crippen molar-refractivity contribution in [2.45, 2.75) is 31.6 Å². The molecule has 1 aromatic rings. The van der Waals surface area contributed by atoms with E-state index in [1.165, 1.54) is 0 Å². The summed E-state index contributed by atoms with van der Waals surface area (Å²) in [6.07, 6.45) is 3.17. The second-order valence-electron chi connectivity index (χ2n) is 3.59. The highest BCUT2D eigenvalue weighted by Crippen LogP contribution is 2.35. The molecule has 76 valence electrons. The van der Waals surface area contributed by atoms with Crippen LogP contribution >= 0.6 is 15.9 Å². The molecule has 0 aromatic carbocycles. The first-order chi connectivity index (χ1) is 6.68. The minimum Gasteiger partial charge on any atom is -0.481 e. The van der Waals surface area contributed by atoms with E-state index in [1.807, 2.05) is 0 Å². The maximum absolute atomic E-state index is 10.6. The molecule has 0 amide bonds. The molecule has 0 aliphatic heterocycles. The molecule has 0 saturated carbocycles. The monoisotopic (exact) mass is 258 g/mol. The van der Waals surface area contributed by atoms with Gasteiger partial charge in [-0.1, -0.05) is 0 Å². The Balaban J connectivity index is 2.27. The van der Waals surface area contributed by atoms with Crippen LogP contribution in [0.4, 0.5) is 0 Å². The standard InChI is InChI=1S/C9H11BrN2O2/c10-9-6-3-1-2-5(4-7(13)14)8(6)11-12-9/h5H,1-4H2,(H,11,12)(H,13,14). The number of aliphatic carboxylic acids is 1. The molecule has 2 N–H and O–H groups in total. The van der Waals surface area contributed by atoms with Crippen LogP contribution in [-0.2, 0) is 11.2 Å². The number of rotatable bonds is 2. The number of fused-ring (bicyclic) bond motifs is 1. The summed E-state index contributed by atoms with van der Waals surface area (Å²) < 4.78 is 0.836. The van der Waals surface area contributed by atoms with Crippen molar-refractivity contribution in [3.63, 3.8) is 0 Å². The predicted molar refractivity (Wildman–Crippen MR) is 54.2 cm³/mol. The van der Waals surface area contributed by atoms with Gasteiger partial charge in [0.05, 0.1) is 6.42 Å². The van der Waals surface area contributed by atoms with Crippen molar-refractivity contribution in [3.05, 3.63) is 15.9 Å². The summed E-state index contributed by atoms with van der Waals surface area (Å²) in [6.45, 7) is 0. The lowest BCUT2D eigenvalue weighted by molar-refractivity contribution is -0.137. The first kappa shape index (κ1) is 9.71. The third kappa shape index (κ3) is 1.68. The summed E-state index contributed by atoms with van der Waals surface area (Å²) in [6, 6.07) is 0. The highest BCUT2D eigenvalue weighted by Gasteiger charge is 2.26. The van der Waals surface area contributed by atoms with E-state index in [9.17, 15) is 4.79 Å². The molecule has 0 bridgehead atoms. The lowest BCUT2D eigenvalue weighted by Crippen LogP contribution is -2.13. The molecule has 0 fully saturated rings. The molecule has 1 unspecified atom stereocenters. The van der Waals surface area contributed by atoms with E-state index in [-0.39, 0.29) is 12.3 Å². The Labute approximate surface area is 89.8 Å². The molecule has 2 rings (SSSR count). The van der Waals surface area contributed by atoms with E-state index < -0.39 is 5.97 Å². The molecule has 1 atom stereocenters. The first-order valence-corrected chi connectivity index (χ1v) is 5.42. The lowest BCUT2D eigenvalue weighted by Gasteiger charge is -2.19. The fraction of sp³-hybridized carbons (Fsp3) is 0.556. The first-order valence-electron chi connectivity index (χ1n) is 4.63. The van der Waals surface area contributed by atoms with E-state index in [0.29, 0.717) is 0 Å². The van der Waals surface area contributed by atoms with Crippen LogP contribution in [0.1, 0.15) is 36.4 Å². The highest BCUT2D eigenvalue weighted by molar-refractivity contribution is 9.10. The van der Waals surface area contributed by atoms with E-state index >= 15 is 0 Å². The molecule has 0 radical (unpaired) electrons. The minimum absolute atomic E-state index is 0.107.